The molecule has 0 heterocycles. The highest BCUT2D eigenvalue weighted by Gasteiger charge is 2.19. The van der Waals surface area contributed by atoms with E-state index in [9.17, 15) is 4.79 Å². The van der Waals surface area contributed by atoms with Crippen molar-refractivity contribution in [2.75, 3.05) is 6.54 Å². The maximum absolute atomic E-state index is 12.1. The molecule has 1 aliphatic carbocycles. The lowest BCUT2D eigenvalue weighted by Crippen LogP contribution is -2.39. The second-order valence-electron chi connectivity index (χ2n) is 6.29. The molecule has 1 aromatic carbocycles. The van der Waals surface area contributed by atoms with Crippen LogP contribution in [0.1, 0.15) is 51.2 Å². The predicted octanol–water partition coefficient (Wildman–Crippen LogP) is 3.50. The van der Waals surface area contributed by atoms with E-state index < -0.39 is 6.10 Å². The van der Waals surface area contributed by atoms with Crippen LogP contribution in [0.2, 0.25) is 0 Å². The third-order valence-electron chi connectivity index (χ3n) is 3.95. The Morgan fingerprint density at radius 3 is 2.62 bits per heavy atom. The van der Waals surface area contributed by atoms with Gasteiger partial charge in [0, 0.05) is 6.54 Å². The third kappa shape index (κ3) is 4.48. The SMILES string of the molecule is CCC(Oc1ccc2c(c1)CCCC2)C(=O)NCC(C)C. The van der Waals surface area contributed by atoms with Crippen LogP contribution in [0.3, 0.4) is 0 Å². The van der Waals surface area contributed by atoms with Gasteiger partial charge in [-0.2, -0.15) is 0 Å². The lowest BCUT2D eigenvalue weighted by Gasteiger charge is -2.20. The van der Waals surface area contributed by atoms with Crippen molar-refractivity contribution in [3.8, 4) is 5.75 Å². The Morgan fingerprint density at radius 2 is 1.95 bits per heavy atom. The molecule has 3 nitrogen and oxygen atoms in total. The topological polar surface area (TPSA) is 38.3 Å². The number of ether oxygens (including phenoxy) is 1. The Morgan fingerprint density at radius 1 is 1.24 bits per heavy atom. The largest absolute Gasteiger partial charge is 0.481 e. The Kier molecular flexibility index (Phi) is 5.66. The van der Waals surface area contributed by atoms with Gasteiger partial charge in [-0.1, -0.05) is 26.8 Å². The summed E-state index contributed by atoms with van der Waals surface area (Å²) in [5, 5.41) is 2.95. The quantitative estimate of drug-likeness (QED) is 0.870. The summed E-state index contributed by atoms with van der Waals surface area (Å²) in [7, 11) is 0. The van der Waals surface area contributed by atoms with E-state index in [-0.39, 0.29) is 5.91 Å². The van der Waals surface area contributed by atoms with Crippen LogP contribution in [0.4, 0.5) is 0 Å². The third-order valence-corrected chi connectivity index (χ3v) is 3.95. The first-order valence-corrected chi connectivity index (χ1v) is 8.16. The fraction of sp³-hybridized carbons (Fsp3) is 0.611. The van der Waals surface area contributed by atoms with Gasteiger partial charge in [0.1, 0.15) is 5.75 Å². The number of hydrogen-bond acceptors (Lipinski definition) is 2. The summed E-state index contributed by atoms with van der Waals surface area (Å²) < 4.78 is 5.91. The Hall–Kier alpha value is -1.51. The first-order chi connectivity index (χ1) is 10.1. The summed E-state index contributed by atoms with van der Waals surface area (Å²) >= 11 is 0. The summed E-state index contributed by atoms with van der Waals surface area (Å²) in [6, 6.07) is 6.28. The average molecular weight is 289 g/mol. The zero-order valence-corrected chi connectivity index (χ0v) is 13.4. The minimum Gasteiger partial charge on any atom is -0.481 e. The van der Waals surface area contributed by atoms with Gasteiger partial charge in [-0.3, -0.25) is 4.79 Å². The Bertz CT molecular complexity index is 482. The van der Waals surface area contributed by atoms with Crippen molar-refractivity contribution < 1.29 is 9.53 Å². The van der Waals surface area contributed by atoms with E-state index in [1.165, 1.54) is 30.4 Å². The van der Waals surface area contributed by atoms with Gasteiger partial charge in [-0.05, 0) is 61.3 Å². The molecule has 0 saturated heterocycles. The van der Waals surface area contributed by atoms with Gasteiger partial charge < -0.3 is 10.1 Å². The first kappa shape index (κ1) is 15.9. The summed E-state index contributed by atoms with van der Waals surface area (Å²) in [4.78, 5) is 12.1. The van der Waals surface area contributed by atoms with Gasteiger partial charge in [0.2, 0.25) is 0 Å². The number of rotatable bonds is 6. The second kappa shape index (κ2) is 7.48. The molecule has 3 heteroatoms. The molecule has 1 aromatic rings. The number of fused-ring (bicyclic) bond motifs is 1. The summed E-state index contributed by atoms with van der Waals surface area (Å²) in [6.07, 6.45) is 5.11. The van der Waals surface area contributed by atoms with Crippen molar-refractivity contribution in [1.82, 2.24) is 5.32 Å². The van der Waals surface area contributed by atoms with E-state index in [4.69, 9.17) is 4.74 Å². The van der Waals surface area contributed by atoms with Crippen molar-refractivity contribution >= 4 is 5.91 Å². The summed E-state index contributed by atoms with van der Waals surface area (Å²) in [6.45, 7) is 6.86. The molecule has 116 valence electrons. The van der Waals surface area contributed by atoms with Crippen molar-refractivity contribution in [1.29, 1.82) is 0 Å². The van der Waals surface area contributed by atoms with Crippen LogP contribution in [0.25, 0.3) is 0 Å². The molecule has 0 fully saturated rings. The molecular formula is C18H27NO2. The Balaban J connectivity index is 1.99. The number of amides is 1. The molecule has 1 amide bonds. The van der Waals surface area contributed by atoms with E-state index in [1.807, 2.05) is 13.0 Å². The van der Waals surface area contributed by atoms with Crippen LogP contribution in [0.15, 0.2) is 18.2 Å². The number of benzene rings is 1. The maximum Gasteiger partial charge on any atom is 0.261 e. The number of hydrogen-bond donors (Lipinski definition) is 1. The van der Waals surface area contributed by atoms with Crippen molar-refractivity contribution in [3.63, 3.8) is 0 Å². The van der Waals surface area contributed by atoms with Gasteiger partial charge in [0.25, 0.3) is 5.91 Å². The van der Waals surface area contributed by atoms with Gasteiger partial charge >= 0.3 is 0 Å². The fourth-order valence-corrected chi connectivity index (χ4v) is 2.69. The molecule has 0 bridgehead atoms. The fourth-order valence-electron chi connectivity index (χ4n) is 2.69. The predicted molar refractivity (Wildman–Crippen MR) is 85.6 cm³/mol. The smallest absolute Gasteiger partial charge is 0.261 e. The zero-order chi connectivity index (χ0) is 15.2. The molecule has 21 heavy (non-hydrogen) atoms. The molecule has 2 rings (SSSR count). The highest BCUT2D eigenvalue weighted by atomic mass is 16.5. The highest BCUT2D eigenvalue weighted by molar-refractivity contribution is 5.81. The average Bonchev–Trinajstić information content (AvgIpc) is 2.50. The van der Waals surface area contributed by atoms with Crippen LogP contribution in [-0.4, -0.2) is 18.6 Å². The minimum absolute atomic E-state index is 0.0103. The van der Waals surface area contributed by atoms with E-state index in [2.05, 4.69) is 31.3 Å². The molecule has 1 unspecified atom stereocenters. The van der Waals surface area contributed by atoms with Crippen molar-refractivity contribution in [3.05, 3.63) is 29.3 Å². The van der Waals surface area contributed by atoms with Gasteiger partial charge in [0.15, 0.2) is 6.10 Å². The minimum atomic E-state index is -0.398. The molecule has 1 atom stereocenters. The van der Waals surface area contributed by atoms with Gasteiger partial charge in [0.05, 0.1) is 0 Å². The summed E-state index contributed by atoms with van der Waals surface area (Å²) in [5.41, 5.74) is 2.82. The van der Waals surface area contributed by atoms with E-state index in [1.54, 1.807) is 0 Å². The molecule has 1 N–H and O–H groups in total. The number of nitrogens with one attached hydrogen (secondary N) is 1. The lowest BCUT2D eigenvalue weighted by atomic mass is 9.92. The number of carbonyl (C=O) groups excluding carboxylic acids is 1. The Labute approximate surface area is 128 Å². The number of aryl methyl sites for hydroxylation is 2. The van der Waals surface area contributed by atoms with E-state index in [0.717, 1.165) is 12.2 Å². The molecule has 0 spiro atoms. The van der Waals surface area contributed by atoms with Crippen LogP contribution in [0, 0.1) is 5.92 Å². The van der Waals surface area contributed by atoms with Crippen molar-refractivity contribution in [2.24, 2.45) is 5.92 Å². The second-order valence-corrected chi connectivity index (χ2v) is 6.29. The molecule has 0 aliphatic heterocycles. The molecule has 0 saturated carbocycles. The zero-order valence-electron chi connectivity index (χ0n) is 13.4. The van der Waals surface area contributed by atoms with Crippen LogP contribution >= 0.6 is 0 Å². The van der Waals surface area contributed by atoms with Crippen LogP contribution in [-0.2, 0) is 17.6 Å². The normalized spacial score (nSPS) is 15.4. The van der Waals surface area contributed by atoms with Crippen LogP contribution in [0.5, 0.6) is 5.75 Å². The highest BCUT2D eigenvalue weighted by Crippen LogP contribution is 2.26. The molecule has 0 radical (unpaired) electrons. The van der Waals surface area contributed by atoms with E-state index in [0.29, 0.717) is 18.9 Å². The summed E-state index contributed by atoms with van der Waals surface area (Å²) in [5.74, 6) is 1.27. The molecule has 1 aliphatic rings. The standard InChI is InChI=1S/C18H27NO2/c1-4-17(18(20)19-12-13(2)3)21-16-10-9-14-7-5-6-8-15(14)11-16/h9-11,13,17H,4-8,12H2,1-3H3,(H,19,20). The monoisotopic (exact) mass is 289 g/mol. The molecule has 0 aromatic heterocycles. The van der Waals surface area contributed by atoms with Crippen molar-refractivity contribution in [2.45, 2.75) is 59.0 Å². The van der Waals surface area contributed by atoms with Gasteiger partial charge in [-0.15, -0.1) is 0 Å². The van der Waals surface area contributed by atoms with Crippen LogP contribution < -0.4 is 10.1 Å². The maximum atomic E-state index is 12.1. The first-order valence-electron chi connectivity index (χ1n) is 8.16. The van der Waals surface area contributed by atoms with Gasteiger partial charge in [-0.25, -0.2) is 0 Å². The van der Waals surface area contributed by atoms with E-state index >= 15 is 0 Å². The molecular weight excluding hydrogens is 262 g/mol. The lowest BCUT2D eigenvalue weighted by molar-refractivity contribution is -0.128. The number of carbonyl (C=O) groups is 1.